The lowest BCUT2D eigenvalue weighted by Gasteiger charge is -2.06. The number of thioether (sulfide) groups is 1. The Bertz CT molecular complexity index is 1230. The van der Waals surface area contributed by atoms with Crippen molar-refractivity contribution in [3.63, 3.8) is 0 Å². The Morgan fingerprint density at radius 1 is 1.10 bits per heavy atom. The van der Waals surface area contributed by atoms with Crippen LogP contribution in [-0.2, 0) is 4.79 Å². The van der Waals surface area contributed by atoms with Crippen molar-refractivity contribution in [2.24, 2.45) is 0 Å². The van der Waals surface area contributed by atoms with Crippen molar-refractivity contribution in [3.05, 3.63) is 64.6 Å². The summed E-state index contributed by atoms with van der Waals surface area (Å²) in [6.45, 7) is 0. The van der Waals surface area contributed by atoms with Gasteiger partial charge in [-0.25, -0.2) is 0 Å². The Labute approximate surface area is 186 Å². The smallest absolute Gasteiger partial charge is 0.234 e. The van der Waals surface area contributed by atoms with Gasteiger partial charge in [-0.1, -0.05) is 47.1 Å². The predicted octanol–water partition coefficient (Wildman–Crippen LogP) is 4.84. The first-order valence-corrected chi connectivity index (χ1v) is 10.5. The quantitative estimate of drug-likeness (QED) is 0.415. The molecular formula is C20H15Cl2N5O2S. The first-order chi connectivity index (χ1) is 14.5. The summed E-state index contributed by atoms with van der Waals surface area (Å²) in [7, 11) is 1.62. The Morgan fingerprint density at radius 2 is 1.97 bits per heavy atom. The maximum absolute atomic E-state index is 12.3. The number of methoxy groups -OCH3 is 1. The average molecular weight is 460 g/mol. The molecule has 0 bridgehead atoms. The molecule has 0 atom stereocenters. The predicted molar refractivity (Wildman–Crippen MR) is 119 cm³/mol. The van der Waals surface area contributed by atoms with Gasteiger partial charge in [0, 0.05) is 11.3 Å². The van der Waals surface area contributed by atoms with E-state index in [1.807, 2.05) is 36.4 Å². The van der Waals surface area contributed by atoms with Crippen molar-refractivity contribution >= 4 is 52.2 Å². The molecule has 10 heteroatoms. The number of hydrogen-bond donors (Lipinski definition) is 1. The third kappa shape index (κ3) is 4.51. The molecule has 0 saturated carbocycles. The van der Waals surface area contributed by atoms with Crippen LogP contribution in [0.3, 0.4) is 0 Å². The minimum Gasteiger partial charge on any atom is -0.497 e. The summed E-state index contributed by atoms with van der Waals surface area (Å²) in [4.78, 5) is 12.3. The largest absolute Gasteiger partial charge is 0.497 e. The Hall–Kier alpha value is -2.81. The van der Waals surface area contributed by atoms with Gasteiger partial charge in [0.15, 0.2) is 5.65 Å². The second kappa shape index (κ2) is 8.91. The summed E-state index contributed by atoms with van der Waals surface area (Å²) in [5, 5.41) is 17.0. The molecule has 0 fully saturated rings. The Kier molecular flexibility index (Phi) is 6.08. The van der Waals surface area contributed by atoms with Gasteiger partial charge >= 0.3 is 0 Å². The number of nitrogens with zero attached hydrogens (tertiary/aromatic N) is 4. The molecule has 4 aromatic rings. The van der Waals surface area contributed by atoms with E-state index < -0.39 is 0 Å². The summed E-state index contributed by atoms with van der Waals surface area (Å²) >= 11 is 13.1. The summed E-state index contributed by atoms with van der Waals surface area (Å²) in [5.74, 6) is 0.664. The van der Waals surface area contributed by atoms with E-state index in [4.69, 9.17) is 27.9 Å². The fourth-order valence-electron chi connectivity index (χ4n) is 2.70. The average Bonchev–Trinajstić information content (AvgIpc) is 3.17. The van der Waals surface area contributed by atoms with Crippen LogP contribution < -0.4 is 10.1 Å². The van der Waals surface area contributed by atoms with E-state index >= 15 is 0 Å². The molecule has 152 valence electrons. The highest BCUT2D eigenvalue weighted by Crippen LogP contribution is 2.26. The normalized spacial score (nSPS) is 10.9. The first kappa shape index (κ1) is 20.5. The van der Waals surface area contributed by atoms with E-state index in [0.29, 0.717) is 26.5 Å². The Morgan fingerprint density at radius 3 is 2.77 bits per heavy atom. The van der Waals surface area contributed by atoms with Crippen LogP contribution in [0.4, 0.5) is 5.69 Å². The number of carbonyl (C=O) groups excluding carboxylic acids is 1. The van der Waals surface area contributed by atoms with Crippen LogP contribution in [-0.4, -0.2) is 38.6 Å². The lowest BCUT2D eigenvalue weighted by Crippen LogP contribution is -2.14. The minimum absolute atomic E-state index is 0.131. The second-order valence-corrected chi connectivity index (χ2v) is 7.93. The van der Waals surface area contributed by atoms with Crippen LogP contribution >= 0.6 is 35.0 Å². The molecule has 2 aromatic heterocycles. The number of hydrogen-bond acceptors (Lipinski definition) is 6. The molecule has 0 aliphatic rings. The van der Waals surface area contributed by atoms with Crippen LogP contribution in [0.1, 0.15) is 0 Å². The molecule has 0 aliphatic heterocycles. The molecule has 30 heavy (non-hydrogen) atoms. The van der Waals surface area contributed by atoms with Crippen LogP contribution in [0.5, 0.6) is 5.75 Å². The molecule has 4 rings (SSSR count). The number of ether oxygens (including phenoxy) is 1. The lowest BCUT2D eigenvalue weighted by atomic mass is 10.1. The SMILES string of the molecule is COc1cccc(-c2ccc3nnc(SCC(=O)Nc4ccc(Cl)c(Cl)c4)n3n2)c1. The molecule has 0 saturated heterocycles. The Balaban J connectivity index is 1.50. The lowest BCUT2D eigenvalue weighted by molar-refractivity contribution is -0.113. The molecule has 7 nitrogen and oxygen atoms in total. The van der Waals surface area contributed by atoms with Gasteiger partial charge in [0.1, 0.15) is 5.75 Å². The number of fused-ring (bicyclic) bond motifs is 1. The van der Waals surface area contributed by atoms with E-state index in [2.05, 4.69) is 20.6 Å². The van der Waals surface area contributed by atoms with Crippen molar-refractivity contribution in [2.45, 2.75) is 5.16 Å². The zero-order valence-electron chi connectivity index (χ0n) is 15.7. The van der Waals surface area contributed by atoms with E-state index in [-0.39, 0.29) is 11.7 Å². The van der Waals surface area contributed by atoms with Crippen LogP contribution in [0.25, 0.3) is 16.9 Å². The summed E-state index contributed by atoms with van der Waals surface area (Å²) < 4.78 is 6.89. The number of anilines is 1. The van der Waals surface area contributed by atoms with Gasteiger partial charge in [-0.2, -0.15) is 9.61 Å². The molecule has 0 aliphatic carbocycles. The monoisotopic (exact) mass is 459 g/mol. The molecule has 1 amide bonds. The van der Waals surface area contributed by atoms with E-state index in [1.54, 1.807) is 29.8 Å². The van der Waals surface area contributed by atoms with Crippen molar-refractivity contribution in [1.82, 2.24) is 19.8 Å². The second-order valence-electron chi connectivity index (χ2n) is 6.17. The number of amides is 1. The minimum atomic E-state index is -0.209. The first-order valence-electron chi connectivity index (χ1n) is 8.78. The highest BCUT2D eigenvalue weighted by Gasteiger charge is 2.12. The van der Waals surface area contributed by atoms with Crippen molar-refractivity contribution < 1.29 is 9.53 Å². The van der Waals surface area contributed by atoms with Crippen LogP contribution in [0, 0.1) is 0 Å². The maximum Gasteiger partial charge on any atom is 0.234 e. The molecule has 0 radical (unpaired) electrons. The van der Waals surface area contributed by atoms with Gasteiger partial charge in [0.05, 0.1) is 28.6 Å². The topological polar surface area (TPSA) is 81.4 Å². The van der Waals surface area contributed by atoms with Gasteiger partial charge in [-0.3, -0.25) is 4.79 Å². The van der Waals surface area contributed by atoms with Gasteiger partial charge < -0.3 is 10.1 Å². The number of halogens is 2. The van der Waals surface area contributed by atoms with E-state index in [1.165, 1.54) is 11.8 Å². The highest BCUT2D eigenvalue weighted by atomic mass is 35.5. The molecule has 1 N–H and O–H groups in total. The molecular weight excluding hydrogens is 445 g/mol. The summed E-state index contributed by atoms with van der Waals surface area (Å²) in [5.41, 5.74) is 2.80. The zero-order chi connectivity index (χ0) is 21.1. The van der Waals surface area contributed by atoms with Crippen LogP contribution in [0.15, 0.2) is 59.8 Å². The van der Waals surface area contributed by atoms with Crippen LogP contribution in [0.2, 0.25) is 10.0 Å². The molecule has 2 aromatic carbocycles. The van der Waals surface area contributed by atoms with Crippen molar-refractivity contribution in [3.8, 4) is 17.0 Å². The standard InChI is InChI=1S/C20H15Cl2N5O2S/c1-29-14-4-2-3-12(9-14)17-7-8-18-24-25-20(27(18)26-17)30-11-19(28)23-13-5-6-15(21)16(22)10-13/h2-10H,11H2,1H3,(H,23,28). The fraction of sp³-hybridized carbons (Fsp3) is 0.100. The number of aromatic nitrogens is 4. The van der Waals surface area contributed by atoms with Gasteiger partial charge in [-0.05, 0) is 42.5 Å². The maximum atomic E-state index is 12.3. The molecule has 2 heterocycles. The summed E-state index contributed by atoms with van der Waals surface area (Å²) in [6, 6.07) is 16.2. The van der Waals surface area contributed by atoms with Crippen molar-refractivity contribution in [2.75, 3.05) is 18.2 Å². The van der Waals surface area contributed by atoms with E-state index in [9.17, 15) is 4.79 Å². The number of carbonyl (C=O) groups is 1. The van der Waals surface area contributed by atoms with Gasteiger partial charge in [0.2, 0.25) is 11.1 Å². The molecule has 0 unspecified atom stereocenters. The molecule has 0 spiro atoms. The number of benzene rings is 2. The van der Waals surface area contributed by atoms with E-state index in [0.717, 1.165) is 17.0 Å². The highest BCUT2D eigenvalue weighted by molar-refractivity contribution is 7.99. The fourth-order valence-corrected chi connectivity index (χ4v) is 3.68. The van der Waals surface area contributed by atoms with Gasteiger partial charge in [-0.15, -0.1) is 10.2 Å². The zero-order valence-corrected chi connectivity index (χ0v) is 18.0. The summed E-state index contributed by atoms with van der Waals surface area (Å²) in [6.07, 6.45) is 0. The number of rotatable bonds is 6. The third-order valence-corrected chi connectivity index (χ3v) is 5.79. The van der Waals surface area contributed by atoms with Gasteiger partial charge in [0.25, 0.3) is 0 Å². The number of nitrogens with one attached hydrogen (secondary N) is 1. The van der Waals surface area contributed by atoms with Crippen molar-refractivity contribution in [1.29, 1.82) is 0 Å². The third-order valence-electron chi connectivity index (χ3n) is 4.14.